The summed E-state index contributed by atoms with van der Waals surface area (Å²) in [6.45, 7) is 2.02. The predicted molar refractivity (Wildman–Crippen MR) is 82.7 cm³/mol. The molecule has 3 aromatic rings. The lowest BCUT2D eigenvalue weighted by Crippen LogP contribution is -2.03. The molecule has 9 heteroatoms. The highest BCUT2D eigenvalue weighted by Gasteiger charge is 2.10. The number of hydrogen-bond donors (Lipinski definition) is 2. The van der Waals surface area contributed by atoms with E-state index in [2.05, 4.69) is 25.1 Å². The van der Waals surface area contributed by atoms with Gasteiger partial charge in [0.25, 0.3) is 0 Å². The van der Waals surface area contributed by atoms with E-state index in [1.165, 1.54) is 17.3 Å². The molecule has 8 nitrogen and oxygen atoms in total. The Kier molecular flexibility index (Phi) is 3.88. The maximum absolute atomic E-state index is 5.51. The molecule has 0 aliphatic carbocycles. The molecule has 0 unspecified atom stereocenters. The van der Waals surface area contributed by atoms with Gasteiger partial charge in [-0.2, -0.15) is 19.9 Å². The number of rotatable bonds is 4. The number of anilines is 2. The average molecular weight is 315 g/mol. The highest BCUT2D eigenvalue weighted by atomic mass is 32.2. The first-order chi connectivity index (χ1) is 10.6. The van der Waals surface area contributed by atoms with Crippen LogP contribution in [0, 0.1) is 6.92 Å². The summed E-state index contributed by atoms with van der Waals surface area (Å²) in [5, 5.41) is 4.38. The van der Waals surface area contributed by atoms with Gasteiger partial charge >= 0.3 is 0 Å². The summed E-state index contributed by atoms with van der Waals surface area (Å²) in [5.41, 5.74) is 13.1. The van der Waals surface area contributed by atoms with Gasteiger partial charge in [-0.1, -0.05) is 46.7 Å². The Hall–Kier alpha value is -2.68. The largest absolute Gasteiger partial charge is 0.368 e. The second-order valence-electron chi connectivity index (χ2n) is 4.50. The number of nitrogens with zero attached hydrogens (tertiary/aromatic N) is 5. The summed E-state index contributed by atoms with van der Waals surface area (Å²) < 4.78 is 5.22. The van der Waals surface area contributed by atoms with Gasteiger partial charge < -0.3 is 16.0 Å². The summed E-state index contributed by atoms with van der Waals surface area (Å²) >= 11 is 1.29. The lowest BCUT2D eigenvalue weighted by molar-refractivity contribution is 0.391. The molecular formula is C13H13N7OS. The zero-order valence-corrected chi connectivity index (χ0v) is 12.5. The van der Waals surface area contributed by atoms with Crippen LogP contribution in [0.5, 0.6) is 0 Å². The second-order valence-corrected chi connectivity index (χ2v) is 5.44. The summed E-state index contributed by atoms with van der Waals surface area (Å²) in [4.78, 5) is 16.0. The molecule has 0 radical (unpaired) electrons. The first kappa shape index (κ1) is 14.3. The monoisotopic (exact) mass is 315 g/mol. The van der Waals surface area contributed by atoms with Crippen molar-refractivity contribution in [3.8, 4) is 11.4 Å². The SMILES string of the molecule is Cc1ccc(-c2noc(CSc3nc(N)nc(N)n3)n2)cc1. The molecule has 0 saturated heterocycles. The van der Waals surface area contributed by atoms with Crippen LogP contribution in [0.4, 0.5) is 11.9 Å². The van der Waals surface area contributed by atoms with Gasteiger partial charge in [0, 0.05) is 5.56 Å². The molecule has 0 spiro atoms. The van der Waals surface area contributed by atoms with Gasteiger partial charge in [0.2, 0.25) is 23.6 Å². The molecule has 4 N–H and O–H groups in total. The van der Waals surface area contributed by atoms with Crippen LogP contribution in [0.25, 0.3) is 11.4 Å². The van der Waals surface area contributed by atoms with E-state index >= 15 is 0 Å². The fraction of sp³-hybridized carbons (Fsp3) is 0.154. The normalized spacial score (nSPS) is 10.8. The molecule has 22 heavy (non-hydrogen) atoms. The van der Waals surface area contributed by atoms with Crippen molar-refractivity contribution in [3.63, 3.8) is 0 Å². The number of thioether (sulfide) groups is 1. The fourth-order valence-electron chi connectivity index (χ4n) is 1.71. The molecule has 0 saturated carbocycles. The van der Waals surface area contributed by atoms with Crippen LogP contribution >= 0.6 is 11.8 Å². The number of aryl methyl sites for hydroxylation is 1. The van der Waals surface area contributed by atoms with Crippen LogP contribution in [0.3, 0.4) is 0 Å². The van der Waals surface area contributed by atoms with E-state index in [9.17, 15) is 0 Å². The van der Waals surface area contributed by atoms with Crippen LogP contribution in [-0.2, 0) is 5.75 Å². The highest BCUT2D eigenvalue weighted by Crippen LogP contribution is 2.22. The molecule has 0 atom stereocenters. The molecule has 0 fully saturated rings. The number of aromatic nitrogens is 5. The van der Waals surface area contributed by atoms with Crippen LogP contribution in [0.2, 0.25) is 0 Å². The third-order valence-corrected chi connectivity index (χ3v) is 3.58. The minimum Gasteiger partial charge on any atom is -0.368 e. The molecule has 0 aliphatic heterocycles. The lowest BCUT2D eigenvalue weighted by Gasteiger charge is -1.99. The van der Waals surface area contributed by atoms with Gasteiger partial charge in [0.15, 0.2) is 5.16 Å². The van der Waals surface area contributed by atoms with Crippen molar-refractivity contribution in [2.75, 3.05) is 11.5 Å². The minimum atomic E-state index is 0.0841. The maximum atomic E-state index is 5.51. The van der Waals surface area contributed by atoms with Crippen LogP contribution in [-0.4, -0.2) is 25.1 Å². The topological polar surface area (TPSA) is 130 Å². The Bertz CT molecular complexity index is 767. The number of nitrogens with two attached hydrogens (primary N) is 2. The Morgan fingerprint density at radius 3 is 2.36 bits per heavy atom. The van der Waals surface area contributed by atoms with E-state index in [0.29, 0.717) is 22.6 Å². The number of nitrogen functional groups attached to an aromatic ring is 2. The summed E-state index contributed by atoms with van der Waals surface area (Å²) in [5.74, 6) is 1.60. The van der Waals surface area contributed by atoms with Gasteiger partial charge in [-0.25, -0.2) is 0 Å². The quantitative estimate of drug-likeness (QED) is 0.690. The van der Waals surface area contributed by atoms with Gasteiger partial charge in [-0.15, -0.1) is 0 Å². The van der Waals surface area contributed by atoms with Crippen molar-refractivity contribution < 1.29 is 4.52 Å². The van der Waals surface area contributed by atoms with Crippen LogP contribution in [0.15, 0.2) is 33.9 Å². The van der Waals surface area contributed by atoms with Crippen LogP contribution < -0.4 is 11.5 Å². The third kappa shape index (κ3) is 3.31. The van der Waals surface area contributed by atoms with Gasteiger partial charge in [0.05, 0.1) is 5.75 Å². The predicted octanol–water partition coefficient (Wildman–Crippen LogP) is 1.69. The molecule has 1 aromatic carbocycles. The number of hydrogen-bond acceptors (Lipinski definition) is 9. The van der Waals surface area contributed by atoms with Crippen molar-refractivity contribution in [1.82, 2.24) is 25.1 Å². The van der Waals surface area contributed by atoms with Crippen molar-refractivity contribution in [2.45, 2.75) is 17.8 Å². The number of benzene rings is 1. The van der Waals surface area contributed by atoms with Crippen LogP contribution in [0.1, 0.15) is 11.5 Å². The van der Waals surface area contributed by atoms with Crippen molar-refractivity contribution in [1.29, 1.82) is 0 Å². The third-order valence-electron chi connectivity index (χ3n) is 2.75. The average Bonchev–Trinajstić information content (AvgIpc) is 2.94. The standard InChI is InChI=1S/C13H13N7OS/c1-7-2-4-8(5-3-7)10-16-9(21-20-10)6-22-13-18-11(14)17-12(15)19-13/h2-5H,6H2,1H3,(H4,14,15,17,18,19). The van der Waals surface area contributed by atoms with Crippen molar-refractivity contribution in [3.05, 3.63) is 35.7 Å². The first-order valence-electron chi connectivity index (χ1n) is 6.39. The minimum absolute atomic E-state index is 0.0841. The molecule has 0 bridgehead atoms. The van der Waals surface area contributed by atoms with E-state index in [1.54, 1.807) is 0 Å². The Balaban J connectivity index is 1.70. The highest BCUT2D eigenvalue weighted by molar-refractivity contribution is 7.98. The Morgan fingerprint density at radius 1 is 1.00 bits per heavy atom. The molecule has 2 aromatic heterocycles. The molecule has 2 heterocycles. The van der Waals surface area contributed by atoms with E-state index in [-0.39, 0.29) is 11.9 Å². The summed E-state index contributed by atoms with van der Waals surface area (Å²) in [7, 11) is 0. The second kappa shape index (κ2) is 5.98. The van der Waals surface area contributed by atoms with E-state index in [1.807, 2.05) is 31.2 Å². The van der Waals surface area contributed by atoms with Gasteiger partial charge in [-0.05, 0) is 6.92 Å². The molecule has 112 valence electrons. The first-order valence-corrected chi connectivity index (χ1v) is 7.38. The van der Waals surface area contributed by atoms with Crippen molar-refractivity contribution in [2.24, 2.45) is 0 Å². The van der Waals surface area contributed by atoms with Crippen molar-refractivity contribution >= 4 is 23.7 Å². The Morgan fingerprint density at radius 2 is 1.68 bits per heavy atom. The smallest absolute Gasteiger partial charge is 0.237 e. The molecule has 0 amide bonds. The summed E-state index contributed by atoms with van der Waals surface area (Å²) in [6.07, 6.45) is 0. The summed E-state index contributed by atoms with van der Waals surface area (Å²) in [6, 6.07) is 7.89. The Labute approximate surface area is 130 Å². The van der Waals surface area contributed by atoms with E-state index in [0.717, 1.165) is 5.56 Å². The zero-order chi connectivity index (χ0) is 15.5. The molecular weight excluding hydrogens is 302 g/mol. The fourth-order valence-corrected chi connectivity index (χ4v) is 2.40. The zero-order valence-electron chi connectivity index (χ0n) is 11.7. The maximum Gasteiger partial charge on any atom is 0.237 e. The van der Waals surface area contributed by atoms with E-state index in [4.69, 9.17) is 16.0 Å². The molecule has 3 rings (SSSR count). The van der Waals surface area contributed by atoms with Gasteiger partial charge in [0.1, 0.15) is 0 Å². The molecule has 0 aliphatic rings. The van der Waals surface area contributed by atoms with Gasteiger partial charge in [-0.3, -0.25) is 0 Å². The lowest BCUT2D eigenvalue weighted by atomic mass is 10.1. The van der Waals surface area contributed by atoms with E-state index < -0.39 is 0 Å².